The molecule has 1 aliphatic rings. The third-order valence-corrected chi connectivity index (χ3v) is 4.81. The minimum absolute atomic E-state index is 0.291. The molecule has 0 spiro atoms. The maximum absolute atomic E-state index is 10.2. The smallest absolute Gasteiger partial charge is 0.119 e. The van der Waals surface area contributed by atoms with Crippen molar-refractivity contribution in [1.29, 1.82) is 0 Å². The number of benzene rings is 2. The first kappa shape index (κ1) is 18.1. The molecule has 1 N–H and O–H groups in total. The van der Waals surface area contributed by atoms with Crippen LogP contribution in [0.4, 0.5) is 5.69 Å². The summed E-state index contributed by atoms with van der Waals surface area (Å²) in [6, 6.07) is 15.7. The van der Waals surface area contributed by atoms with Crippen LogP contribution in [0.15, 0.2) is 48.5 Å². The maximum atomic E-state index is 10.2. The Balaban J connectivity index is 1.42. The topological polar surface area (TPSA) is 35.9 Å². The van der Waals surface area contributed by atoms with Crippen molar-refractivity contribution >= 4 is 17.3 Å². The number of ether oxygens (including phenoxy) is 1. The zero-order valence-electron chi connectivity index (χ0n) is 14.6. The van der Waals surface area contributed by atoms with E-state index >= 15 is 0 Å². The van der Waals surface area contributed by atoms with Crippen molar-refractivity contribution in [2.75, 3.05) is 44.2 Å². The molecular weight excluding hydrogens is 336 g/mol. The molecule has 1 aliphatic heterocycles. The largest absolute Gasteiger partial charge is 0.491 e. The van der Waals surface area contributed by atoms with Gasteiger partial charge in [-0.25, -0.2) is 0 Å². The number of aliphatic hydroxyl groups excluding tert-OH is 1. The van der Waals surface area contributed by atoms with Gasteiger partial charge in [-0.1, -0.05) is 29.8 Å². The van der Waals surface area contributed by atoms with Gasteiger partial charge in [0.25, 0.3) is 0 Å². The van der Waals surface area contributed by atoms with E-state index in [-0.39, 0.29) is 0 Å². The Morgan fingerprint density at radius 2 is 1.72 bits per heavy atom. The molecule has 0 unspecified atom stereocenters. The Bertz CT molecular complexity index is 670. The summed E-state index contributed by atoms with van der Waals surface area (Å²) >= 11 is 5.85. The van der Waals surface area contributed by atoms with Crippen LogP contribution >= 0.6 is 11.6 Å². The number of anilines is 1. The molecule has 2 aromatic rings. The Labute approximate surface area is 154 Å². The van der Waals surface area contributed by atoms with E-state index in [2.05, 4.69) is 41.0 Å². The number of halogens is 1. The molecule has 0 aliphatic carbocycles. The van der Waals surface area contributed by atoms with Crippen LogP contribution in [0.5, 0.6) is 5.75 Å². The molecule has 3 rings (SSSR count). The number of para-hydroxylation sites is 1. The van der Waals surface area contributed by atoms with Crippen LogP contribution in [0.1, 0.15) is 5.56 Å². The van der Waals surface area contributed by atoms with Gasteiger partial charge in [-0.2, -0.15) is 0 Å². The quantitative estimate of drug-likeness (QED) is 0.858. The second-order valence-electron chi connectivity index (χ2n) is 6.49. The second-order valence-corrected chi connectivity index (χ2v) is 6.93. The van der Waals surface area contributed by atoms with E-state index < -0.39 is 6.10 Å². The summed E-state index contributed by atoms with van der Waals surface area (Å²) in [5, 5.41) is 10.9. The molecule has 0 amide bonds. The maximum Gasteiger partial charge on any atom is 0.119 e. The van der Waals surface area contributed by atoms with Gasteiger partial charge in [-0.05, 0) is 42.8 Å². The van der Waals surface area contributed by atoms with Gasteiger partial charge in [-0.3, -0.25) is 4.90 Å². The Morgan fingerprint density at radius 3 is 2.40 bits per heavy atom. The minimum Gasteiger partial charge on any atom is -0.491 e. The van der Waals surface area contributed by atoms with Gasteiger partial charge in [0.15, 0.2) is 0 Å². The van der Waals surface area contributed by atoms with Gasteiger partial charge >= 0.3 is 0 Å². The van der Waals surface area contributed by atoms with E-state index in [9.17, 15) is 5.11 Å². The normalized spacial score (nSPS) is 16.7. The van der Waals surface area contributed by atoms with E-state index in [1.807, 2.05) is 12.1 Å². The summed E-state index contributed by atoms with van der Waals surface area (Å²) in [6.45, 7) is 6.94. The molecule has 5 heteroatoms. The lowest BCUT2D eigenvalue weighted by Crippen LogP contribution is -2.49. The van der Waals surface area contributed by atoms with Crippen molar-refractivity contribution < 1.29 is 9.84 Å². The predicted molar refractivity (Wildman–Crippen MR) is 103 cm³/mol. The Morgan fingerprint density at radius 1 is 1.04 bits per heavy atom. The summed E-state index contributed by atoms with van der Waals surface area (Å²) in [7, 11) is 0. The molecule has 1 heterocycles. The number of piperazine rings is 1. The first-order valence-electron chi connectivity index (χ1n) is 8.71. The molecule has 0 radical (unpaired) electrons. The van der Waals surface area contributed by atoms with Gasteiger partial charge < -0.3 is 14.7 Å². The average molecular weight is 361 g/mol. The molecule has 1 fully saturated rings. The second kappa shape index (κ2) is 8.56. The molecule has 0 aromatic heterocycles. The van der Waals surface area contributed by atoms with Crippen molar-refractivity contribution in [3.8, 4) is 5.75 Å². The van der Waals surface area contributed by atoms with Crippen LogP contribution in [0.3, 0.4) is 0 Å². The highest BCUT2D eigenvalue weighted by molar-refractivity contribution is 6.30. The summed E-state index contributed by atoms with van der Waals surface area (Å²) in [5.74, 6) is 0.729. The standard InChI is InChI=1S/C20H25ClN2O2/c1-16-4-2-3-5-20(16)23-12-10-22(11-13-23)14-18(24)15-25-19-8-6-17(21)7-9-19/h2-9,18,24H,10-15H2,1H3/t18-/m0/s1. The number of β-amino-alcohol motifs (C(OH)–C–C–N with tert-alkyl or cyclic N) is 1. The van der Waals surface area contributed by atoms with E-state index in [0.717, 1.165) is 31.9 Å². The lowest BCUT2D eigenvalue weighted by molar-refractivity contribution is 0.0663. The zero-order valence-corrected chi connectivity index (χ0v) is 15.3. The van der Waals surface area contributed by atoms with E-state index in [4.69, 9.17) is 16.3 Å². The van der Waals surface area contributed by atoms with Crippen LogP contribution in [0.2, 0.25) is 5.02 Å². The zero-order chi connectivity index (χ0) is 17.6. The van der Waals surface area contributed by atoms with Crippen LogP contribution in [-0.2, 0) is 0 Å². The molecule has 2 aromatic carbocycles. The molecular formula is C20H25ClN2O2. The van der Waals surface area contributed by atoms with Gasteiger partial charge in [0.05, 0.1) is 0 Å². The number of hydrogen-bond donors (Lipinski definition) is 1. The molecule has 0 bridgehead atoms. The fourth-order valence-corrected chi connectivity index (χ4v) is 3.29. The summed E-state index contributed by atoms with van der Waals surface area (Å²) in [4.78, 5) is 4.72. The predicted octanol–water partition coefficient (Wildman–Crippen LogP) is 3.21. The van der Waals surface area contributed by atoms with E-state index in [1.165, 1.54) is 11.3 Å². The Kier molecular flexibility index (Phi) is 6.19. The molecule has 1 atom stereocenters. The van der Waals surface area contributed by atoms with Crippen molar-refractivity contribution in [2.45, 2.75) is 13.0 Å². The highest BCUT2D eigenvalue weighted by atomic mass is 35.5. The third kappa shape index (κ3) is 5.11. The Hall–Kier alpha value is -1.75. The number of nitrogens with zero attached hydrogens (tertiary/aromatic N) is 2. The van der Waals surface area contributed by atoms with Crippen LogP contribution in [-0.4, -0.2) is 55.4 Å². The lowest BCUT2D eigenvalue weighted by Gasteiger charge is -2.37. The first-order valence-corrected chi connectivity index (χ1v) is 9.09. The average Bonchev–Trinajstić information content (AvgIpc) is 2.62. The molecule has 1 saturated heterocycles. The molecule has 0 saturated carbocycles. The van der Waals surface area contributed by atoms with Gasteiger partial charge in [-0.15, -0.1) is 0 Å². The fraction of sp³-hybridized carbons (Fsp3) is 0.400. The van der Waals surface area contributed by atoms with Gasteiger partial charge in [0.2, 0.25) is 0 Å². The van der Waals surface area contributed by atoms with Crippen molar-refractivity contribution in [3.05, 3.63) is 59.1 Å². The van der Waals surface area contributed by atoms with E-state index in [1.54, 1.807) is 12.1 Å². The third-order valence-electron chi connectivity index (χ3n) is 4.55. The SMILES string of the molecule is Cc1ccccc1N1CCN(C[C@H](O)COc2ccc(Cl)cc2)CC1. The highest BCUT2D eigenvalue weighted by Gasteiger charge is 2.20. The summed E-state index contributed by atoms with van der Waals surface area (Å²) in [6.07, 6.45) is -0.499. The molecule has 4 nitrogen and oxygen atoms in total. The van der Waals surface area contributed by atoms with Gasteiger partial charge in [0, 0.05) is 43.4 Å². The number of hydrogen-bond acceptors (Lipinski definition) is 4. The van der Waals surface area contributed by atoms with Crippen molar-refractivity contribution in [2.24, 2.45) is 0 Å². The lowest BCUT2D eigenvalue weighted by atomic mass is 10.1. The summed E-state index contributed by atoms with van der Waals surface area (Å²) < 4.78 is 5.62. The monoisotopic (exact) mass is 360 g/mol. The highest BCUT2D eigenvalue weighted by Crippen LogP contribution is 2.21. The van der Waals surface area contributed by atoms with Crippen LogP contribution < -0.4 is 9.64 Å². The van der Waals surface area contributed by atoms with Crippen LogP contribution in [0, 0.1) is 6.92 Å². The van der Waals surface area contributed by atoms with Gasteiger partial charge in [0.1, 0.15) is 18.5 Å². The minimum atomic E-state index is -0.499. The number of aliphatic hydroxyl groups is 1. The van der Waals surface area contributed by atoms with Crippen molar-refractivity contribution in [3.63, 3.8) is 0 Å². The first-order chi connectivity index (χ1) is 12.1. The number of aryl methyl sites for hydroxylation is 1. The van der Waals surface area contributed by atoms with E-state index in [0.29, 0.717) is 18.2 Å². The van der Waals surface area contributed by atoms with Crippen molar-refractivity contribution in [1.82, 2.24) is 4.90 Å². The number of rotatable bonds is 6. The van der Waals surface area contributed by atoms with Crippen LogP contribution in [0.25, 0.3) is 0 Å². The fourth-order valence-electron chi connectivity index (χ4n) is 3.16. The molecule has 25 heavy (non-hydrogen) atoms. The molecule has 134 valence electrons. The summed E-state index contributed by atoms with van der Waals surface area (Å²) in [5.41, 5.74) is 2.63.